The molecule has 0 fully saturated rings. The van der Waals surface area contributed by atoms with Gasteiger partial charge in [0.2, 0.25) is 0 Å². The topological polar surface area (TPSA) is 46.5 Å². The fourth-order valence-electron chi connectivity index (χ4n) is 3.57. The van der Waals surface area contributed by atoms with Gasteiger partial charge >= 0.3 is 0 Å². The van der Waals surface area contributed by atoms with Crippen LogP contribution < -0.4 is 10.1 Å². The smallest absolute Gasteiger partial charge is 0.253 e. The minimum absolute atomic E-state index is 0.0701. The number of ether oxygens (including phenoxy) is 1. The number of halogens is 1. The van der Waals surface area contributed by atoms with Crippen LogP contribution in [0.4, 0.5) is 0 Å². The first-order chi connectivity index (χ1) is 14.3. The van der Waals surface area contributed by atoms with Crippen LogP contribution in [0.25, 0.3) is 10.9 Å². The summed E-state index contributed by atoms with van der Waals surface area (Å²) in [5, 5.41) is 4.73. The summed E-state index contributed by atoms with van der Waals surface area (Å²) in [6.45, 7) is 5.22. The average Bonchev–Trinajstić information content (AvgIpc) is 3.02. The lowest BCUT2D eigenvalue weighted by Crippen LogP contribution is -2.38. The van der Waals surface area contributed by atoms with Gasteiger partial charge in [-0.2, -0.15) is 0 Å². The molecule has 3 rings (SSSR count). The predicted molar refractivity (Wildman–Crippen MR) is 123 cm³/mol. The van der Waals surface area contributed by atoms with Gasteiger partial charge in [0.05, 0.1) is 11.3 Å². The first-order valence-electron chi connectivity index (χ1n) is 10.2. The third-order valence-electron chi connectivity index (χ3n) is 5.87. The van der Waals surface area contributed by atoms with Crippen LogP contribution in [0.5, 0.6) is 5.75 Å². The first-order valence-corrected chi connectivity index (χ1v) is 10.6. The van der Waals surface area contributed by atoms with Crippen LogP contribution in [-0.4, -0.2) is 42.1 Å². The number of rotatable bonds is 8. The molecule has 0 radical (unpaired) electrons. The highest BCUT2D eigenvalue weighted by atomic mass is 35.5. The molecule has 0 aliphatic heterocycles. The van der Waals surface area contributed by atoms with Gasteiger partial charge in [-0.1, -0.05) is 36.7 Å². The summed E-state index contributed by atoms with van der Waals surface area (Å²) in [6, 6.07) is 15.6. The molecule has 1 amide bonds. The summed E-state index contributed by atoms with van der Waals surface area (Å²) < 4.78 is 8.01. The average molecular weight is 428 g/mol. The highest BCUT2D eigenvalue weighted by molar-refractivity contribution is 6.30. The summed E-state index contributed by atoms with van der Waals surface area (Å²) in [5.74, 6) is 0.969. The van der Waals surface area contributed by atoms with E-state index in [1.807, 2.05) is 48.0 Å². The molecule has 3 aromatic rings. The van der Waals surface area contributed by atoms with Gasteiger partial charge in [-0.05, 0) is 57.3 Å². The lowest BCUT2D eigenvalue weighted by Gasteiger charge is -2.26. The highest BCUT2D eigenvalue weighted by Crippen LogP contribution is 2.27. The molecule has 1 heterocycles. The first kappa shape index (κ1) is 22.2. The van der Waals surface area contributed by atoms with Crippen molar-refractivity contribution in [2.75, 3.05) is 20.6 Å². The minimum Gasteiger partial charge on any atom is -0.487 e. The quantitative estimate of drug-likeness (QED) is 0.565. The van der Waals surface area contributed by atoms with Gasteiger partial charge in [0.1, 0.15) is 12.4 Å². The predicted octanol–water partition coefficient (Wildman–Crippen LogP) is 4.73. The molecule has 2 unspecified atom stereocenters. The fourth-order valence-corrected chi connectivity index (χ4v) is 3.70. The summed E-state index contributed by atoms with van der Waals surface area (Å²) in [4.78, 5) is 15.4. The Morgan fingerprint density at radius 2 is 1.80 bits per heavy atom. The third-order valence-corrected chi connectivity index (χ3v) is 6.12. The standard InChI is InChI=1S/C24H30ClN3O2/c1-16(17(2)27(3)4)14-26-24(29)23-20-8-6-7-9-21(20)28(5)22(23)15-30-19-12-10-18(25)11-13-19/h6-13,16-17H,14-15H2,1-5H3,(H,26,29). The van der Waals surface area contributed by atoms with E-state index in [0.717, 1.165) is 16.6 Å². The van der Waals surface area contributed by atoms with Crippen molar-refractivity contribution < 1.29 is 9.53 Å². The van der Waals surface area contributed by atoms with Crippen molar-refractivity contribution in [1.82, 2.24) is 14.8 Å². The van der Waals surface area contributed by atoms with Gasteiger partial charge in [-0.25, -0.2) is 0 Å². The number of nitrogens with one attached hydrogen (secondary N) is 1. The Bertz CT molecular complexity index is 1010. The van der Waals surface area contributed by atoms with Crippen molar-refractivity contribution in [3.05, 3.63) is 64.8 Å². The number of aromatic nitrogens is 1. The fraction of sp³-hybridized carbons (Fsp3) is 0.375. The van der Waals surface area contributed by atoms with Crippen LogP contribution >= 0.6 is 11.6 Å². The lowest BCUT2D eigenvalue weighted by molar-refractivity contribution is 0.0939. The second kappa shape index (κ2) is 9.54. The molecule has 1 N–H and O–H groups in total. The molecule has 0 saturated heterocycles. The van der Waals surface area contributed by atoms with Crippen molar-refractivity contribution in [2.24, 2.45) is 13.0 Å². The molecule has 0 bridgehead atoms. The Balaban J connectivity index is 1.85. The molecule has 1 aromatic heterocycles. The van der Waals surface area contributed by atoms with E-state index in [9.17, 15) is 4.79 Å². The number of hydrogen-bond donors (Lipinski definition) is 1. The van der Waals surface area contributed by atoms with E-state index in [4.69, 9.17) is 16.3 Å². The van der Waals surface area contributed by atoms with E-state index >= 15 is 0 Å². The van der Waals surface area contributed by atoms with Crippen molar-refractivity contribution in [3.8, 4) is 5.75 Å². The van der Waals surface area contributed by atoms with Gasteiger partial charge < -0.3 is 19.5 Å². The van der Waals surface area contributed by atoms with Crippen molar-refractivity contribution in [2.45, 2.75) is 26.5 Å². The molecule has 6 heteroatoms. The van der Waals surface area contributed by atoms with Crippen LogP contribution in [-0.2, 0) is 13.7 Å². The summed E-state index contributed by atoms with van der Waals surface area (Å²) >= 11 is 5.96. The minimum atomic E-state index is -0.0701. The molecule has 160 valence electrons. The van der Waals surface area contributed by atoms with Crippen molar-refractivity contribution >= 4 is 28.4 Å². The van der Waals surface area contributed by atoms with Gasteiger partial charge in [-0.3, -0.25) is 4.79 Å². The molecule has 0 saturated carbocycles. The van der Waals surface area contributed by atoms with Gasteiger partial charge in [0.25, 0.3) is 5.91 Å². The Morgan fingerprint density at radius 3 is 2.47 bits per heavy atom. The largest absolute Gasteiger partial charge is 0.487 e. The van der Waals surface area contributed by atoms with Crippen LogP contribution in [0.2, 0.25) is 5.02 Å². The van der Waals surface area contributed by atoms with Crippen molar-refractivity contribution in [1.29, 1.82) is 0 Å². The molecular formula is C24H30ClN3O2. The normalized spacial score (nSPS) is 13.4. The maximum atomic E-state index is 13.2. The Labute approximate surface area is 183 Å². The van der Waals surface area contributed by atoms with E-state index in [1.165, 1.54) is 0 Å². The molecular weight excluding hydrogens is 398 g/mol. The number of benzene rings is 2. The zero-order valence-electron chi connectivity index (χ0n) is 18.3. The summed E-state index contributed by atoms with van der Waals surface area (Å²) in [5.41, 5.74) is 2.52. The summed E-state index contributed by atoms with van der Waals surface area (Å²) in [6.07, 6.45) is 0. The number of aryl methyl sites for hydroxylation is 1. The highest BCUT2D eigenvalue weighted by Gasteiger charge is 2.23. The van der Waals surface area contributed by atoms with Crippen LogP contribution in [0.15, 0.2) is 48.5 Å². The second-order valence-electron chi connectivity index (χ2n) is 8.03. The lowest BCUT2D eigenvalue weighted by atomic mass is 10.0. The SMILES string of the molecule is CC(CNC(=O)c1c(COc2ccc(Cl)cc2)n(C)c2ccccc12)C(C)N(C)C. The third kappa shape index (κ3) is 4.79. The molecule has 30 heavy (non-hydrogen) atoms. The summed E-state index contributed by atoms with van der Waals surface area (Å²) in [7, 11) is 6.08. The van der Waals surface area contributed by atoms with E-state index in [2.05, 4.69) is 38.2 Å². The van der Waals surface area contributed by atoms with Gasteiger partial charge in [-0.15, -0.1) is 0 Å². The molecule has 0 aliphatic rings. The van der Waals surface area contributed by atoms with E-state index in [-0.39, 0.29) is 5.91 Å². The Kier molecular flexibility index (Phi) is 7.06. The van der Waals surface area contributed by atoms with E-state index < -0.39 is 0 Å². The number of para-hydroxylation sites is 1. The monoisotopic (exact) mass is 427 g/mol. The molecule has 2 aromatic carbocycles. The Morgan fingerprint density at radius 1 is 1.13 bits per heavy atom. The number of nitrogens with zero attached hydrogens (tertiary/aromatic N) is 2. The number of amides is 1. The molecule has 0 spiro atoms. The van der Waals surface area contributed by atoms with Crippen LogP contribution in [0.3, 0.4) is 0 Å². The zero-order valence-corrected chi connectivity index (χ0v) is 19.0. The molecule has 5 nitrogen and oxygen atoms in total. The number of hydrogen-bond acceptors (Lipinski definition) is 3. The van der Waals surface area contributed by atoms with Crippen molar-refractivity contribution in [3.63, 3.8) is 0 Å². The van der Waals surface area contributed by atoms with E-state index in [0.29, 0.717) is 41.4 Å². The van der Waals surface area contributed by atoms with Crippen LogP contribution in [0, 0.1) is 5.92 Å². The Hall–Kier alpha value is -2.50. The van der Waals surface area contributed by atoms with E-state index in [1.54, 1.807) is 12.1 Å². The second-order valence-corrected chi connectivity index (χ2v) is 8.47. The van der Waals surface area contributed by atoms with Crippen LogP contribution in [0.1, 0.15) is 29.9 Å². The maximum absolute atomic E-state index is 13.2. The number of fused-ring (bicyclic) bond motifs is 1. The maximum Gasteiger partial charge on any atom is 0.253 e. The van der Waals surface area contributed by atoms with Gasteiger partial charge in [0.15, 0.2) is 0 Å². The number of carbonyl (C=O) groups is 1. The zero-order chi connectivity index (χ0) is 21.8. The molecule has 2 atom stereocenters. The number of carbonyl (C=O) groups excluding carboxylic acids is 1. The molecule has 0 aliphatic carbocycles. The van der Waals surface area contributed by atoms with Gasteiger partial charge in [0, 0.05) is 35.6 Å².